The van der Waals surface area contributed by atoms with E-state index in [9.17, 15) is 23.4 Å². The molecule has 2 bridgehead atoms. The minimum Gasteiger partial charge on any atom is -0.385 e. The van der Waals surface area contributed by atoms with Gasteiger partial charge < -0.3 is 29.7 Å². The summed E-state index contributed by atoms with van der Waals surface area (Å²) in [5, 5.41) is 10.9. The Morgan fingerprint density at radius 3 is 2.71 bits per heavy atom. The molecule has 3 fully saturated rings. The second-order valence-corrected chi connectivity index (χ2v) is 16.4. The molecule has 17 nitrogen and oxygen atoms in total. The van der Waals surface area contributed by atoms with E-state index in [4.69, 9.17) is 28.6 Å². The van der Waals surface area contributed by atoms with Crippen molar-refractivity contribution in [2.24, 2.45) is 5.92 Å². The van der Waals surface area contributed by atoms with Crippen molar-refractivity contribution in [3.05, 3.63) is 41.3 Å². The van der Waals surface area contributed by atoms with Crippen LogP contribution in [-0.2, 0) is 37.7 Å². The summed E-state index contributed by atoms with van der Waals surface area (Å²) in [7, 11) is 0. The molecular weight excluding hydrogens is 684 g/mol. The number of imidazole rings is 1. The number of anilines is 1. The van der Waals surface area contributed by atoms with Gasteiger partial charge >= 0.3 is 13.6 Å². The summed E-state index contributed by atoms with van der Waals surface area (Å²) in [6.07, 6.45) is -2.19. The van der Waals surface area contributed by atoms with E-state index in [1.165, 1.54) is 17.2 Å². The van der Waals surface area contributed by atoms with Crippen molar-refractivity contribution < 1.29 is 45.8 Å². The first kappa shape index (κ1) is 31.2. The molecule has 2 unspecified atom stereocenters. The average molecular weight is 709 g/mol. The smallest absolute Gasteiger partial charge is 0.385 e. The highest BCUT2D eigenvalue weighted by atomic mass is 32.7. The fraction of sp³-hybridized carbons (Fsp3) is 0.500. The van der Waals surface area contributed by atoms with Crippen molar-refractivity contribution in [1.82, 2.24) is 34.1 Å². The number of nitrogens with one attached hydrogen (secondary N) is 1. The summed E-state index contributed by atoms with van der Waals surface area (Å²) in [4.78, 5) is 30.8. The molecule has 4 N–H and O–H groups in total. The third kappa shape index (κ3) is 5.22. The first-order valence-electron chi connectivity index (χ1n) is 13.3. The Morgan fingerprint density at radius 2 is 1.91 bits per heavy atom. The fourth-order valence-corrected chi connectivity index (χ4v) is 9.22. The number of H-pyrrole nitrogens is 1. The van der Waals surface area contributed by atoms with E-state index in [0.29, 0.717) is 0 Å². The van der Waals surface area contributed by atoms with E-state index >= 15 is 4.39 Å². The minimum absolute atomic E-state index is 0.0254. The summed E-state index contributed by atoms with van der Waals surface area (Å²) in [5.74, 6) is -1.88. The summed E-state index contributed by atoms with van der Waals surface area (Å²) in [5.41, 5.74) is 3.01. The molecule has 9 atom stereocenters. The van der Waals surface area contributed by atoms with Crippen LogP contribution in [-0.4, -0.2) is 83.5 Å². The van der Waals surface area contributed by atoms with E-state index in [-0.39, 0.29) is 29.0 Å². The third-order valence-electron chi connectivity index (χ3n) is 8.09. The molecule has 4 aromatic rings. The highest BCUT2D eigenvalue weighted by molar-refractivity contribution is 8.44. The predicted molar refractivity (Wildman–Crippen MR) is 157 cm³/mol. The van der Waals surface area contributed by atoms with Crippen LogP contribution >= 0.6 is 38.1 Å². The zero-order chi connectivity index (χ0) is 31.9. The maximum Gasteiger partial charge on any atom is 0.388 e. The van der Waals surface area contributed by atoms with E-state index in [2.05, 4.69) is 49.4 Å². The summed E-state index contributed by atoms with van der Waals surface area (Å²) < 4.78 is 88.8. The number of thiol groups is 2. The number of aromatic amines is 1. The molecule has 23 heteroatoms. The SMILES string of the molecule is Nc1ncnc2c1ncn2[C@@H]1CC2CO[P@@](=O)(S)O[C@@]3(n4cc(F)c5c(=O)[nH]cnc54)COC(CO[P@@](=O)(S)O[C@H]2[C@H]1F)[C@H]3O. The van der Waals surface area contributed by atoms with Gasteiger partial charge in [0.2, 0.25) is 5.72 Å². The number of nitrogens with two attached hydrogens (primary N) is 1. The Morgan fingerprint density at radius 1 is 1.13 bits per heavy atom. The molecule has 0 radical (unpaired) electrons. The van der Waals surface area contributed by atoms with Gasteiger partial charge in [0.1, 0.15) is 41.7 Å². The van der Waals surface area contributed by atoms with Gasteiger partial charge in [-0.25, -0.2) is 37.8 Å². The van der Waals surface area contributed by atoms with Gasteiger partial charge in [0, 0.05) is 12.1 Å². The Labute approximate surface area is 261 Å². The highest BCUT2D eigenvalue weighted by Crippen LogP contribution is 2.62. The molecule has 3 aliphatic rings. The van der Waals surface area contributed by atoms with Crippen molar-refractivity contribution in [2.75, 3.05) is 25.6 Å². The molecule has 1 aliphatic carbocycles. The van der Waals surface area contributed by atoms with Gasteiger partial charge in [-0.05, 0) is 6.42 Å². The van der Waals surface area contributed by atoms with Crippen molar-refractivity contribution >= 4 is 66.1 Å². The van der Waals surface area contributed by atoms with E-state index in [1.54, 1.807) is 0 Å². The quantitative estimate of drug-likeness (QED) is 0.149. The molecule has 0 spiro atoms. The molecule has 242 valence electrons. The van der Waals surface area contributed by atoms with Crippen molar-refractivity contribution in [3.63, 3.8) is 0 Å². The van der Waals surface area contributed by atoms with Gasteiger partial charge in [-0.1, -0.05) is 24.5 Å². The maximum absolute atomic E-state index is 16.2. The lowest BCUT2D eigenvalue weighted by atomic mass is 10.1. The first-order chi connectivity index (χ1) is 21.3. The predicted octanol–water partition coefficient (Wildman–Crippen LogP) is 2.12. The number of halogens is 2. The van der Waals surface area contributed by atoms with Gasteiger partial charge in [0.15, 0.2) is 22.9 Å². The van der Waals surface area contributed by atoms with Gasteiger partial charge in [0.25, 0.3) is 5.56 Å². The minimum atomic E-state index is -4.54. The molecule has 2 aliphatic heterocycles. The second kappa shape index (κ2) is 11.1. The Bertz CT molecular complexity index is 1970. The third-order valence-corrected chi connectivity index (χ3v) is 11.3. The number of hydrogen-bond acceptors (Lipinski definition) is 14. The molecule has 45 heavy (non-hydrogen) atoms. The lowest BCUT2D eigenvalue weighted by molar-refractivity contribution is -0.0927. The van der Waals surface area contributed by atoms with Gasteiger partial charge in [-0.15, -0.1) is 0 Å². The zero-order valence-corrected chi connectivity index (χ0v) is 26.2. The van der Waals surface area contributed by atoms with E-state index < -0.39 is 92.3 Å². The van der Waals surface area contributed by atoms with Gasteiger partial charge in [0.05, 0.1) is 38.5 Å². The molecule has 1 saturated carbocycles. The number of ether oxygens (including phenoxy) is 1. The van der Waals surface area contributed by atoms with Crippen LogP contribution in [0.25, 0.3) is 22.2 Å². The van der Waals surface area contributed by atoms with Crippen LogP contribution in [0.3, 0.4) is 0 Å². The zero-order valence-electron chi connectivity index (χ0n) is 22.6. The largest absolute Gasteiger partial charge is 0.388 e. The number of nitrogen functional groups attached to an aromatic ring is 1. The van der Waals surface area contributed by atoms with Gasteiger partial charge in [-0.2, -0.15) is 0 Å². The average Bonchev–Trinajstić information content (AvgIpc) is 3.72. The highest BCUT2D eigenvalue weighted by Gasteiger charge is 2.58. The monoisotopic (exact) mass is 708 g/mol. The molecule has 7 rings (SSSR count). The number of alkyl halides is 1. The second-order valence-electron chi connectivity index (χ2n) is 10.7. The fourth-order valence-electron chi connectivity index (χ4n) is 5.99. The molecule has 0 amide bonds. The lowest BCUT2D eigenvalue weighted by Crippen LogP contribution is -2.48. The number of rotatable bonds is 2. The standard InChI is InChI=1S/C22H24F2N8O9P2S2/c23-10-2-32(19-13(10)21(34)29-7-27-19)22-5-37-12(17(22)33)4-39-42(35,44)40-16-9(3-38-43(36,45)41-22)1-11(14(16)24)31-8-30-15-18(25)26-6-28-20(15)31/h2,6-9,11-12,14,16-17,33H,1,3-5H2,(H,35,44)(H,36,45)(H2,25,26,28)(H,27,29,34)/t9?,11-,12?,14+,16-,17-,22+,42-,43-/m1/s1. The number of aliphatic hydroxyl groups is 1. The maximum atomic E-state index is 16.2. The van der Waals surface area contributed by atoms with Crippen LogP contribution in [0, 0.1) is 11.7 Å². The molecule has 0 aromatic carbocycles. The summed E-state index contributed by atoms with van der Waals surface area (Å²) in [6.45, 7) is -10.7. The number of nitrogens with zero attached hydrogens (tertiary/aromatic N) is 6. The van der Waals surface area contributed by atoms with Gasteiger partial charge in [-0.3, -0.25) is 22.9 Å². The molecule has 6 heterocycles. The van der Waals surface area contributed by atoms with Crippen LogP contribution in [0.5, 0.6) is 0 Å². The molecule has 2 saturated heterocycles. The Kier molecular flexibility index (Phi) is 7.67. The normalized spacial score (nSPS) is 37.7. The van der Waals surface area contributed by atoms with Crippen LogP contribution in [0.15, 0.2) is 30.0 Å². The van der Waals surface area contributed by atoms with Crippen LogP contribution in [0.4, 0.5) is 14.6 Å². The van der Waals surface area contributed by atoms with Crippen LogP contribution in [0.1, 0.15) is 12.5 Å². The number of fused-ring (bicyclic) bond motifs is 5. The topological polar surface area (TPSA) is 221 Å². The first-order valence-corrected chi connectivity index (χ1v) is 18.6. The van der Waals surface area contributed by atoms with Crippen LogP contribution < -0.4 is 11.3 Å². The number of aliphatic hydroxyl groups excluding tert-OH is 1. The number of aromatic nitrogens is 7. The number of hydrogen-bond donors (Lipinski definition) is 5. The molecular formula is C22H24F2N8O9P2S2. The van der Waals surface area contributed by atoms with Crippen LogP contribution in [0.2, 0.25) is 0 Å². The van der Waals surface area contributed by atoms with Crippen molar-refractivity contribution in [1.29, 1.82) is 0 Å². The van der Waals surface area contributed by atoms with Crippen molar-refractivity contribution in [3.8, 4) is 0 Å². The van der Waals surface area contributed by atoms with E-state index in [1.807, 2.05) is 0 Å². The summed E-state index contributed by atoms with van der Waals surface area (Å²) >= 11 is 8.12. The summed E-state index contributed by atoms with van der Waals surface area (Å²) in [6, 6.07) is -0.990. The Hall–Kier alpha value is -2.45. The molecule has 4 aromatic heterocycles. The van der Waals surface area contributed by atoms with E-state index in [0.717, 1.165) is 17.1 Å². The lowest BCUT2D eigenvalue weighted by Gasteiger charge is -2.35. The Balaban J connectivity index is 1.26. The van der Waals surface area contributed by atoms with Crippen molar-refractivity contribution in [2.45, 2.75) is 42.7 Å².